The lowest BCUT2D eigenvalue weighted by molar-refractivity contribution is -0.143. The van der Waals surface area contributed by atoms with Crippen LogP contribution in [0, 0.1) is 17.8 Å². The van der Waals surface area contributed by atoms with Crippen LogP contribution in [-0.2, 0) is 30.0 Å². The summed E-state index contributed by atoms with van der Waals surface area (Å²) in [5, 5.41) is 0.0569. The molecule has 7 heteroatoms. The predicted molar refractivity (Wildman–Crippen MR) is 136 cm³/mol. The molecule has 0 bridgehead atoms. The van der Waals surface area contributed by atoms with Crippen LogP contribution in [0.1, 0.15) is 59.9 Å². The lowest BCUT2D eigenvalue weighted by Crippen LogP contribution is -2.53. The highest BCUT2D eigenvalue weighted by Gasteiger charge is 2.47. The van der Waals surface area contributed by atoms with E-state index in [1.807, 2.05) is 25.1 Å². The van der Waals surface area contributed by atoms with E-state index in [4.69, 9.17) is 18.6 Å². The molecule has 1 aromatic rings. The van der Waals surface area contributed by atoms with Gasteiger partial charge in [0, 0.05) is 24.4 Å². The highest BCUT2D eigenvalue weighted by molar-refractivity contribution is 6.74. The van der Waals surface area contributed by atoms with Crippen LogP contribution in [-0.4, -0.2) is 45.7 Å². The minimum absolute atomic E-state index is 0.0487. The summed E-state index contributed by atoms with van der Waals surface area (Å²) in [5.74, 6) is -0.552. The van der Waals surface area contributed by atoms with Gasteiger partial charge in [0.2, 0.25) is 0 Å². The zero-order valence-electron chi connectivity index (χ0n) is 22.2. The summed E-state index contributed by atoms with van der Waals surface area (Å²) in [4.78, 5) is 23.6. The number of hydrogen-bond acceptors (Lipinski definition) is 6. The third-order valence-electron chi connectivity index (χ3n) is 7.48. The van der Waals surface area contributed by atoms with Gasteiger partial charge in [-0.25, -0.2) is 4.79 Å². The maximum Gasteiger partial charge on any atom is 0.508 e. The van der Waals surface area contributed by atoms with E-state index in [0.717, 1.165) is 24.7 Å². The number of cyclic esters (lactones) is 2. The van der Waals surface area contributed by atoms with Gasteiger partial charge < -0.3 is 23.4 Å². The van der Waals surface area contributed by atoms with Crippen LogP contribution in [0.15, 0.2) is 30.3 Å². The smallest absolute Gasteiger partial charge is 0.430 e. The molecule has 1 aliphatic rings. The molecule has 0 radical (unpaired) electrons. The van der Waals surface area contributed by atoms with Gasteiger partial charge in [-0.3, -0.25) is 0 Å². The minimum atomic E-state index is -2.07. The summed E-state index contributed by atoms with van der Waals surface area (Å²) in [6.45, 7) is 18.2. The Hall–Kier alpha value is -1.70. The Bertz CT molecular complexity index is 775. The quantitative estimate of drug-likeness (QED) is 0.146. The molecule has 1 heterocycles. The molecule has 1 saturated heterocycles. The summed E-state index contributed by atoms with van der Waals surface area (Å²) in [6.07, 6.45) is 0.823. The van der Waals surface area contributed by atoms with Crippen molar-refractivity contribution in [3.8, 4) is 0 Å². The number of carbonyl (C=O) groups excluding carboxylic acids is 2. The molecule has 0 N–H and O–H groups in total. The summed E-state index contributed by atoms with van der Waals surface area (Å²) in [6, 6.07) is 10.1. The Kier molecular flexibility index (Phi) is 10.3. The molecule has 6 atom stereocenters. The fourth-order valence-electron chi connectivity index (χ4n) is 4.25. The topological polar surface area (TPSA) is 71.1 Å². The molecule has 6 nitrogen and oxygen atoms in total. The van der Waals surface area contributed by atoms with Crippen LogP contribution < -0.4 is 0 Å². The lowest BCUT2D eigenvalue weighted by atomic mass is 9.81. The first-order valence-electron chi connectivity index (χ1n) is 12.5. The van der Waals surface area contributed by atoms with E-state index in [2.05, 4.69) is 52.9 Å². The fourth-order valence-corrected chi connectivity index (χ4v) is 5.69. The van der Waals surface area contributed by atoms with Crippen molar-refractivity contribution >= 4 is 20.8 Å². The number of aldehydes is 1. The molecule has 192 valence electrons. The van der Waals surface area contributed by atoms with Crippen LogP contribution in [0.25, 0.3) is 0 Å². The molecule has 1 aliphatic heterocycles. The maximum atomic E-state index is 12.2. The number of carbonyl (C=O) groups is 2. The molecular weight excluding hydrogens is 448 g/mol. The van der Waals surface area contributed by atoms with E-state index in [9.17, 15) is 9.59 Å². The summed E-state index contributed by atoms with van der Waals surface area (Å²) >= 11 is 0. The largest absolute Gasteiger partial charge is 0.508 e. The van der Waals surface area contributed by atoms with Crippen LogP contribution in [0.2, 0.25) is 18.1 Å². The average molecular weight is 493 g/mol. The average Bonchev–Trinajstić information content (AvgIpc) is 2.78. The fraction of sp³-hybridized carbons (Fsp3) is 0.704. The van der Waals surface area contributed by atoms with Crippen LogP contribution >= 0.6 is 0 Å². The molecule has 34 heavy (non-hydrogen) atoms. The van der Waals surface area contributed by atoms with E-state index >= 15 is 0 Å². The Labute approximate surface area is 206 Å². The normalized spacial score (nSPS) is 24.0. The van der Waals surface area contributed by atoms with Crippen LogP contribution in [0.4, 0.5) is 4.79 Å². The Morgan fingerprint density at radius 1 is 1.09 bits per heavy atom. The van der Waals surface area contributed by atoms with Crippen molar-refractivity contribution in [1.82, 2.24) is 0 Å². The molecule has 0 unspecified atom stereocenters. The van der Waals surface area contributed by atoms with Gasteiger partial charge in [-0.2, -0.15) is 0 Å². The third-order valence-corrected chi connectivity index (χ3v) is 12.0. The Balaban J connectivity index is 2.10. The van der Waals surface area contributed by atoms with Gasteiger partial charge in [0.1, 0.15) is 18.5 Å². The van der Waals surface area contributed by atoms with E-state index in [-0.39, 0.29) is 35.0 Å². The molecule has 0 saturated carbocycles. The van der Waals surface area contributed by atoms with E-state index in [1.165, 1.54) is 0 Å². The second-order valence-corrected chi connectivity index (χ2v) is 16.0. The molecule has 0 aliphatic carbocycles. The van der Waals surface area contributed by atoms with Gasteiger partial charge >= 0.3 is 6.16 Å². The highest BCUT2D eigenvalue weighted by Crippen LogP contribution is 2.40. The SMILES string of the molecule is C[C@H]([C@@H]1OC(=O)O[C@H]([C@H](C)C=O)[C@H]1C)[C@@H](CCCOCc1ccccc1)O[Si](C)(C)C(C)(C)C. The monoisotopic (exact) mass is 492 g/mol. The second-order valence-electron chi connectivity index (χ2n) is 11.2. The van der Waals surface area contributed by atoms with E-state index < -0.39 is 20.6 Å². The first-order chi connectivity index (χ1) is 15.9. The van der Waals surface area contributed by atoms with Gasteiger partial charge in [-0.15, -0.1) is 0 Å². The molecule has 2 rings (SSSR count). The zero-order valence-corrected chi connectivity index (χ0v) is 23.2. The van der Waals surface area contributed by atoms with Crippen molar-refractivity contribution in [3.63, 3.8) is 0 Å². The van der Waals surface area contributed by atoms with Crippen molar-refractivity contribution in [2.75, 3.05) is 6.61 Å². The van der Waals surface area contributed by atoms with Crippen molar-refractivity contribution < 1.29 is 28.2 Å². The van der Waals surface area contributed by atoms with Crippen molar-refractivity contribution in [2.24, 2.45) is 17.8 Å². The van der Waals surface area contributed by atoms with Crippen LogP contribution in [0.3, 0.4) is 0 Å². The van der Waals surface area contributed by atoms with E-state index in [0.29, 0.717) is 13.2 Å². The molecular formula is C27H44O6Si. The number of rotatable bonds is 12. The minimum Gasteiger partial charge on any atom is -0.430 e. The predicted octanol–water partition coefficient (Wildman–Crippen LogP) is 6.39. The zero-order chi connectivity index (χ0) is 25.5. The van der Waals surface area contributed by atoms with E-state index in [1.54, 1.807) is 6.92 Å². The summed E-state index contributed by atoms with van der Waals surface area (Å²) in [7, 11) is -2.07. The standard InChI is InChI=1S/C27H44O6Si/c1-19(17-28)24-21(3)25(32-26(29)31-24)20(2)23(33-34(7,8)27(4,5)6)15-12-16-30-18-22-13-10-9-11-14-22/h9-11,13-14,17,19-21,23-25H,12,15-16,18H2,1-8H3/t19-,20+,21-,23-,24-,25+/m1/s1. The molecule has 0 spiro atoms. The first-order valence-corrected chi connectivity index (χ1v) is 15.4. The molecule has 1 aromatic carbocycles. The Morgan fingerprint density at radius 2 is 1.71 bits per heavy atom. The molecule has 1 fully saturated rings. The van der Waals surface area contributed by atoms with Crippen LogP contribution in [0.5, 0.6) is 0 Å². The summed E-state index contributed by atoms with van der Waals surface area (Å²) in [5.41, 5.74) is 1.16. The van der Waals surface area contributed by atoms with Crippen molar-refractivity contribution in [2.45, 2.75) is 97.4 Å². The summed E-state index contributed by atoms with van der Waals surface area (Å²) < 4.78 is 23.8. The molecule has 0 aromatic heterocycles. The third kappa shape index (κ3) is 7.65. The maximum absolute atomic E-state index is 12.2. The second kappa shape index (κ2) is 12.3. The number of ether oxygens (including phenoxy) is 3. The van der Waals surface area contributed by atoms with Gasteiger partial charge in [0.15, 0.2) is 8.32 Å². The number of hydrogen-bond donors (Lipinski definition) is 0. The van der Waals surface area contributed by atoms with Gasteiger partial charge in [0.05, 0.1) is 12.7 Å². The van der Waals surface area contributed by atoms with Gasteiger partial charge in [-0.05, 0) is 36.5 Å². The lowest BCUT2D eigenvalue weighted by Gasteiger charge is -2.45. The molecule has 0 amide bonds. The van der Waals surface area contributed by atoms with Crippen molar-refractivity contribution in [3.05, 3.63) is 35.9 Å². The van der Waals surface area contributed by atoms with Crippen molar-refractivity contribution in [1.29, 1.82) is 0 Å². The Morgan fingerprint density at radius 3 is 2.29 bits per heavy atom. The first kappa shape index (κ1) is 28.5. The van der Waals surface area contributed by atoms with Gasteiger partial charge in [-0.1, -0.05) is 71.9 Å². The van der Waals surface area contributed by atoms with Gasteiger partial charge in [0.25, 0.3) is 0 Å². The highest BCUT2D eigenvalue weighted by atomic mass is 28.4. The number of benzene rings is 1.